The molecule has 0 bridgehead atoms. The third-order valence-corrected chi connectivity index (χ3v) is 11.5. The quantitative estimate of drug-likeness (QED) is 0.143. The lowest BCUT2D eigenvalue weighted by Gasteiger charge is -2.30. The molecule has 2 aliphatic rings. The largest absolute Gasteiger partial charge is 0.311 e. The molecule has 260 valence electrons. The van der Waals surface area contributed by atoms with Gasteiger partial charge in [-0.2, -0.15) is 0 Å². The number of hydrogen-bond donors (Lipinski definition) is 0. The first-order chi connectivity index (χ1) is 26.5. The van der Waals surface area contributed by atoms with Crippen LogP contribution in [-0.4, -0.2) is 0 Å². The smallest absolute Gasteiger partial charge is 0.0647 e. The van der Waals surface area contributed by atoms with Gasteiger partial charge in [-0.05, 0) is 105 Å². The van der Waals surface area contributed by atoms with Gasteiger partial charge in [-0.3, -0.25) is 0 Å². The molecule has 1 heteroatoms. The topological polar surface area (TPSA) is 3.24 Å². The van der Waals surface area contributed by atoms with Crippen LogP contribution in [0, 0.1) is 0 Å². The molecule has 0 unspecified atom stereocenters. The SMILES string of the molecule is C/C=C\C(=C/C=CC1(c2ccccc2)c2ccccc2-c2ccccc21)N(c1ccc(-c2ccccc2)cc1)c1ccc2c(c1)C(C)(C)c1ccccc1-2. The Morgan fingerprint density at radius 2 is 0.981 bits per heavy atom. The molecule has 9 rings (SSSR count). The maximum Gasteiger partial charge on any atom is 0.0647 e. The predicted molar refractivity (Wildman–Crippen MR) is 228 cm³/mol. The Hall–Kier alpha value is -6.44. The van der Waals surface area contributed by atoms with Crippen LogP contribution in [0.3, 0.4) is 0 Å². The van der Waals surface area contributed by atoms with Gasteiger partial charge >= 0.3 is 0 Å². The summed E-state index contributed by atoms with van der Waals surface area (Å²) in [6.45, 7) is 6.81. The van der Waals surface area contributed by atoms with Crippen molar-refractivity contribution in [3.8, 4) is 33.4 Å². The van der Waals surface area contributed by atoms with Crippen LogP contribution in [0.2, 0.25) is 0 Å². The summed E-state index contributed by atoms with van der Waals surface area (Å²) in [5, 5.41) is 0. The Bertz CT molecular complexity index is 2520. The molecule has 0 fully saturated rings. The first-order valence-corrected chi connectivity index (χ1v) is 19.0. The fourth-order valence-corrected chi connectivity index (χ4v) is 8.94. The van der Waals surface area contributed by atoms with Crippen molar-refractivity contribution < 1.29 is 0 Å². The second kappa shape index (κ2) is 13.5. The van der Waals surface area contributed by atoms with Gasteiger partial charge < -0.3 is 4.90 Å². The molecule has 0 atom stereocenters. The lowest BCUT2D eigenvalue weighted by Crippen LogP contribution is -2.24. The van der Waals surface area contributed by atoms with Crippen molar-refractivity contribution in [3.05, 3.63) is 240 Å². The molecule has 54 heavy (non-hydrogen) atoms. The van der Waals surface area contributed by atoms with Gasteiger partial charge in [0.05, 0.1) is 5.41 Å². The lowest BCUT2D eigenvalue weighted by atomic mass is 9.72. The van der Waals surface area contributed by atoms with Gasteiger partial charge in [0, 0.05) is 22.5 Å². The van der Waals surface area contributed by atoms with Gasteiger partial charge in [0.2, 0.25) is 0 Å². The van der Waals surface area contributed by atoms with Gasteiger partial charge in [-0.1, -0.05) is 184 Å². The summed E-state index contributed by atoms with van der Waals surface area (Å²) in [4.78, 5) is 2.41. The third kappa shape index (κ3) is 5.39. The summed E-state index contributed by atoms with van der Waals surface area (Å²) in [5.41, 5.74) is 17.0. The highest BCUT2D eigenvalue weighted by atomic mass is 15.1. The number of allylic oxidation sites excluding steroid dienone is 5. The molecule has 0 radical (unpaired) electrons. The summed E-state index contributed by atoms with van der Waals surface area (Å²) >= 11 is 0. The molecule has 0 saturated heterocycles. The third-order valence-electron chi connectivity index (χ3n) is 11.5. The first-order valence-electron chi connectivity index (χ1n) is 19.0. The Balaban J connectivity index is 1.21. The van der Waals surface area contributed by atoms with Crippen molar-refractivity contribution in [2.45, 2.75) is 31.6 Å². The number of anilines is 2. The van der Waals surface area contributed by atoms with E-state index in [9.17, 15) is 0 Å². The van der Waals surface area contributed by atoms with Crippen molar-refractivity contribution in [2.75, 3.05) is 4.90 Å². The monoisotopic (exact) mass is 693 g/mol. The van der Waals surface area contributed by atoms with E-state index < -0.39 is 5.41 Å². The van der Waals surface area contributed by atoms with E-state index in [0.717, 1.165) is 17.1 Å². The van der Waals surface area contributed by atoms with Gasteiger partial charge in [-0.15, -0.1) is 0 Å². The van der Waals surface area contributed by atoms with Crippen molar-refractivity contribution in [1.29, 1.82) is 0 Å². The van der Waals surface area contributed by atoms with Gasteiger partial charge in [0.25, 0.3) is 0 Å². The van der Waals surface area contributed by atoms with E-state index in [1.54, 1.807) is 0 Å². The second-order valence-corrected chi connectivity index (χ2v) is 14.9. The zero-order valence-corrected chi connectivity index (χ0v) is 31.1. The molecule has 0 saturated carbocycles. The predicted octanol–water partition coefficient (Wildman–Crippen LogP) is 13.8. The molecule has 0 aromatic heterocycles. The van der Waals surface area contributed by atoms with Crippen molar-refractivity contribution >= 4 is 11.4 Å². The molecule has 0 N–H and O–H groups in total. The molecule has 7 aromatic rings. The van der Waals surface area contributed by atoms with Crippen LogP contribution in [0.5, 0.6) is 0 Å². The Morgan fingerprint density at radius 3 is 1.61 bits per heavy atom. The summed E-state index contributed by atoms with van der Waals surface area (Å²) in [7, 11) is 0. The molecule has 2 aliphatic carbocycles. The van der Waals surface area contributed by atoms with E-state index in [2.05, 4.69) is 232 Å². The highest BCUT2D eigenvalue weighted by Crippen LogP contribution is 2.54. The number of benzene rings is 7. The molecule has 0 aliphatic heterocycles. The first kappa shape index (κ1) is 33.4. The minimum absolute atomic E-state index is 0.111. The van der Waals surface area contributed by atoms with E-state index in [1.807, 2.05) is 0 Å². The maximum atomic E-state index is 2.41. The van der Waals surface area contributed by atoms with E-state index in [4.69, 9.17) is 0 Å². The van der Waals surface area contributed by atoms with E-state index in [-0.39, 0.29) is 5.41 Å². The van der Waals surface area contributed by atoms with Crippen molar-refractivity contribution in [1.82, 2.24) is 0 Å². The average Bonchev–Trinajstić information content (AvgIpc) is 3.64. The van der Waals surface area contributed by atoms with E-state index in [1.165, 1.54) is 61.2 Å². The molecular weight excluding hydrogens is 651 g/mol. The van der Waals surface area contributed by atoms with Crippen molar-refractivity contribution in [2.24, 2.45) is 0 Å². The second-order valence-electron chi connectivity index (χ2n) is 14.9. The number of rotatable bonds is 8. The Morgan fingerprint density at radius 1 is 0.481 bits per heavy atom. The molecule has 1 nitrogen and oxygen atoms in total. The van der Waals surface area contributed by atoms with Crippen LogP contribution in [-0.2, 0) is 10.8 Å². The number of hydrogen-bond acceptors (Lipinski definition) is 1. The highest BCUT2D eigenvalue weighted by Gasteiger charge is 2.42. The highest BCUT2D eigenvalue weighted by molar-refractivity contribution is 5.86. The Kier molecular flexibility index (Phi) is 8.36. The number of fused-ring (bicyclic) bond motifs is 6. The molecule has 0 spiro atoms. The van der Waals surface area contributed by atoms with Crippen LogP contribution in [0.15, 0.2) is 212 Å². The maximum absolute atomic E-state index is 2.41. The molecule has 0 heterocycles. The minimum Gasteiger partial charge on any atom is -0.311 e. The van der Waals surface area contributed by atoms with Gasteiger partial charge in [0.15, 0.2) is 0 Å². The van der Waals surface area contributed by atoms with Crippen LogP contribution >= 0.6 is 0 Å². The fourth-order valence-electron chi connectivity index (χ4n) is 8.94. The minimum atomic E-state index is -0.433. The molecule has 7 aromatic carbocycles. The zero-order chi connectivity index (χ0) is 36.7. The van der Waals surface area contributed by atoms with Crippen LogP contribution in [0.4, 0.5) is 11.4 Å². The average molecular weight is 694 g/mol. The normalized spacial score (nSPS) is 14.8. The summed E-state index contributed by atoms with van der Waals surface area (Å²) in [5.74, 6) is 0. The van der Waals surface area contributed by atoms with Crippen LogP contribution in [0.25, 0.3) is 33.4 Å². The zero-order valence-electron chi connectivity index (χ0n) is 31.1. The van der Waals surface area contributed by atoms with Crippen molar-refractivity contribution in [3.63, 3.8) is 0 Å². The summed E-state index contributed by atoms with van der Waals surface area (Å²) in [6, 6.07) is 64.2. The van der Waals surface area contributed by atoms with Gasteiger partial charge in [0.1, 0.15) is 0 Å². The number of nitrogens with zero attached hydrogens (tertiary/aromatic N) is 1. The molecule has 0 amide bonds. The Labute approximate surface area is 319 Å². The lowest BCUT2D eigenvalue weighted by molar-refractivity contribution is 0.660. The van der Waals surface area contributed by atoms with Gasteiger partial charge in [-0.25, -0.2) is 0 Å². The summed E-state index contributed by atoms with van der Waals surface area (Å²) in [6.07, 6.45) is 11.3. The standard InChI is InChI=1S/C53H43N/c1-4-18-41(23-17-36-53(40-21-9-6-10-22-40)49-28-15-12-25-45(49)46-26-13-16-29-50(46)53)54(42-32-30-39(31-33-42)38-19-7-5-8-20-38)43-34-35-47-44-24-11-14-27-48(44)52(2,3)51(47)37-43/h4-37H,1-3H3/b18-4-,36-17?,41-23+. The fraction of sp³-hybridized carbons (Fsp3) is 0.0943. The van der Waals surface area contributed by atoms with E-state index >= 15 is 0 Å². The van der Waals surface area contributed by atoms with Crippen LogP contribution < -0.4 is 4.90 Å². The van der Waals surface area contributed by atoms with E-state index in [0.29, 0.717) is 0 Å². The molecular formula is C53H43N. The van der Waals surface area contributed by atoms with Crippen LogP contribution in [0.1, 0.15) is 48.6 Å². The summed E-state index contributed by atoms with van der Waals surface area (Å²) < 4.78 is 0.